The van der Waals surface area contributed by atoms with Crippen molar-refractivity contribution < 1.29 is 8.42 Å². The van der Waals surface area contributed by atoms with Gasteiger partial charge in [-0.25, -0.2) is 8.42 Å². The third-order valence-corrected chi connectivity index (χ3v) is 3.43. The molecule has 0 radical (unpaired) electrons. The lowest BCUT2D eigenvalue weighted by molar-refractivity contribution is 0.600. The van der Waals surface area contributed by atoms with Crippen LogP contribution in [0.5, 0.6) is 0 Å². The molecule has 0 aromatic heterocycles. The molecule has 0 fully saturated rings. The number of rotatable bonds is 6. The Morgan fingerprint density at radius 3 is 2.24 bits per heavy atom. The maximum Gasteiger partial charge on any atom is 0.147 e. The Morgan fingerprint density at radius 2 is 1.76 bits per heavy atom. The first-order valence-corrected chi connectivity index (χ1v) is 7.63. The van der Waals surface area contributed by atoms with Crippen LogP contribution in [0.15, 0.2) is 24.3 Å². The highest BCUT2D eigenvalue weighted by molar-refractivity contribution is 7.90. The second-order valence-corrected chi connectivity index (χ2v) is 6.61. The molecule has 5 heteroatoms. The molecular formula is C12H20N2O2S. The molecule has 17 heavy (non-hydrogen) atoms. The van der Waals surface area contributed by atoms with E-state index in [-0.39, 0.29) is 5.75 Å². The van der Waals surface area contributed by atoms with Gasteiger partial charge < -0.3 is 10.2 Å². The molecule has 1 rings (SSSR count). The number of benzene rings is 1. The van der Waals surface area contributed by atoms with Gasteiger partial charge >= 0.3 is 0 Å². The van der Waals surface area contributed by atoms with Crippen LogP contribution >= 0.6 is 0 Å². The Morgan fingerprint density at radius 1 is 1.18 bits per heavy atom. The van der Waals surface area contributed by atoms with Gasteiger partial charge in [0, 0.05) is 38.3 Å². The number of anilines is 2. The van der Waals surface area contributed by atoms with E-state index in [2.05, 4.69) is 5.32 Å². The minimum Gasteiger partial charge on any atom is -0.385 e. The van der Waals surface area contributed by atoms with Crippen molar-refractivity contribution in [1.82, 2.24) is 0 Å². The van der Waals surface area contributed by atoms with Crippen molar-refractivity contribution in [2.45, 2.75) is 6.42 Å². The van der Waals surface area contributed by atoms with Crippen molar-refractivity contribution >= 4 is 21.2 Å². The molecule has 0 aliphatic rings. The average molecular weight is 256 g/mol. The molecule has 0 spiro atoms. The summed E-state index contributed by atoms with van der Waals surface area (Å²) >= 11 is 0. The van der Waals surface area contributed by atoms with E-state index in [0.717, 1.165) is 11.4 Å². The predicted molar refractivity (Wildman–Crippen MR) is 73.6 cm³/mol. The molecule has 0 amide bonds. The molecule has 0 saturated carbocycles. The van der Waals surface area contributed by atoms with Crippen LogP contribution in [0.1, 0.15) is 6.42 Å². The summed E-state index contributed by atoms with van der Waals surface area (Å²) in [5.41, 5.74) is 2.16. The zero-order valence-electron chi connectivity index (χ0n) is 10.6. The second kappa shape index (κ2) is 5.91. The first-order chi connectivity index (χ1) is 7.88. The third-order valence-electron chi connectivity index (χ3n) is 2.40. The van der Waals surface area contributed by atoms with Crippen LogP contribution < -0.4 is 10.2 Å². The average Bonchev–Trinajstić information content (AvgIpc) is 2.24. The Bertz CT molecular complexity index is 438. The van der Waals surface area contributed by atoms with E-state index < -0.39 is 9.84 Å². The molecule has 0 aliphatic heterocycles. The van der Waals surface area contributed by atoms with Crippen LogP contribution in [-0.4, -0.2) is 41.1 Å². The Kier molecular flexibility index (Phi) is 4.81. The van der Waals surface area contributed by atoms with E-state index in [9.17, 15) is 8.42 Å². The van der Waals surface area contributed by atoms with E-state index in [1.807, 2.05) is 43.3 Å². The fraction of sp³-hybridized carbons (Fsp3) is 0.500. The number of hydrogen-bond acceptors (Lipinski definition) is 4. The molecule has 0 heterocycles. The predicted octanol–water partition coefficient (Wildman–Crippen LogP) is 1.60. The molecule has 0 unspecified atom stereocenters. The fourth-order valence-corrected chi connectivity index (χ4v) is 2.11. The summed E-state index contributed by atoms with van der Waals surface area (Å²) in [5.74, 6) is 0.232. The topological polar surface area (TPSA) is 49.4 Å². The Balaban J connectivity index is 2.37. The summed E-state index contributed by atoms with van der Waals surface area (Å²) in [6.45, 7) is 0.675. The molecule has 0 saturated heterocycles. The van der Waals surface area contributed by atoms with Gasteiger partial charge in [0.2, 0.25) is 0 Å². The molecule has 0 aliphatic carbocycles. The van der Waals surface area contributed by atoms with Crippen molar-refractivity contribution in [3.05, 3.63) is 24.3 Å². The van der Waals surface area contributed by atoms with Crippen LogP contribution in [0.3, 0.4) is 0 Å². The minimum atomic E-state index is -2.84. The lowest BCUT2D eigenvalue weighted by atomic mass is 10.2. The van der Waals surface area contributed by atoms with Crippen molar-refractivity contribution in [1.29, 1.82) is 0 Å². The van der Waals surface area contributed by atoms with Gasteiger partial charge in [-0.05, 0) is 30.7 Å². The molecule has 4 nitrogen and oxygen atoms in total. The van der Waals surface area contributed by atoms with E-state index in [1.165, 1.54) is 6.26 Å². The molecule has 96 valence electrons. The monoisotopic (exact) mass is 256 g/mol. The maximum absolute atomic E-state index is 10.9. The van der Waals surface area contributed by atoms with Gasteiger partial charge in [0.25, 0.3) is 0 Å². The molecule has 1 aromatic carbocycles. The highest BCUT2D eigenvalue weighted by atomic mass is 32.2. The van der Waals surface area contributed by atoms with E-state index in [4.69, 9.17) is 0 Å². The standard InChI is InChI=1S/C12H20N2O2S/c1-14(2)12-7-5-11(6-8-12)13-9-4-10-17(3,15)16/h5-8,13H,4,9-10H2,1-3H3. The highest BCUT2D eigenvalue weighted by Crippen LogP contribution is 2.15. The van der Waals surface area contributed by atoms with Gasteiger partial charge in [-0.2, -0.15) is 0 Å². The minimum absolute atomic E-state index is 0.232. The van der Waals surface area contributed by atoms with E-state index in [0.29, 0.717) is 13.0 Å². The summed E-state index contributed by atoms with van der Waals surface area (Å²) in [6.07, 6.45) is 1.90. The van der Waals surface area contributed by atoms with Crippen LogP contribution in [-0.2, 0) is 9.84 Å². The van der Waals surface area contributed by atoms with Crippen LogP contribution in [0.25, 0.3) is 0 Å². The first-order valence-electron chi connectivity index (χ1n) is 5.57. The maximum atomic E-state index is 10.9. The van der Waals surface area contributed by atoms with Gasteiger partial charge in [0.05, 0.1) is 5.75 Å². The van der Waals surface area contributed by atoms with Gasteiger partial charge in [-0.15, -0.1) is 0 Å². The van der Waals surface area contributed by atoms with Crippen LogP contribution in [0.4, 0.5) is 11.4 Å². The lowest BCUT2D eigenvalue weighted by Gasteiger charge is -2.13. The first kappa shape index (κ1) is 13.8. The Hall–Kier alpha value is -1.23. The number of nitrogens with one attached hydrogen (secondary N) is 1. The smallest absolute Gasteiger partial charge is 0.147 e. The molecule has 1 N–H and O–H groups in total. The summed E-state index contributed by atoms with van der Waals surface area (Å²) in [4.78, 5) is 2.04. The molecule has 0 atom stereocenters. The van der Waals surface area contributed by atoms with Crippen LogP contribution in [0, 0.1) is 0 Å². The zero-order valence-corrected chi connectivity index (χ0v) is 11.4. The quantitative estimate of drug-likeness (QED) is 0.785. The van der Waals surface area contributed by atoms with Crippen molar-refractivity contribution in [3.8, 4) is 0 Å². The highest BCUT2D eigenvalue weighted by Gasteiger charge is 2.01. The zero-order chi connectivity index (χ0) is 12.9. The van der Waals surface area contributed by atoms with Gasteiger partial charge in [0.15, 0.2) is 0 Å². The van der Waals surface area contributed by atoms with Gasteiger partial charge in [0.1, 0.15) is 9.84 Å². The Labute approximate surface area is 104 Å². The van der Waals surface area contributed by atoms with Gasteiger partial charge in [-0.1, -0.05) is 0 Å². The molecule has 0 bridgehead atoms. The normalized spacial score (nSPS) is 11.2. The van der Waals surface area contributed by atoms with Crippen LogP contribution in [0.2, 0.25) is 0 Å². The molecule has 1 aromatic rings. The summed E-state index contributed by atoms with van der Waals surface area (Å²) in [7, 11) is 1.15. The van der Waals surface area contributed by atoms with E-state index in [1.54, 1.807) is 0 Å². The van der Waals surface area contributed by atoms with Crippen molar-refractivity contribution in [3.63, 3.8) is 0 Å². The molecular weight excluding hydrogens is 236 g/mol. The second-order valence-electron chi connectivity index (χ2n) is 4.35. The summed E-state index contributed by atoms with van der Waals surface area (Å²) in [6, 6.07) is 8.04. The fourth-order valence-electron chi connectivity index (χ4n) is 1.44. The summed E-state index contributed by atoms with van der Waals surface area (Å²) in [5, 5.41) is 3.20. The number of nitrogens with zero attached hydrogens (tertiary/aromatic N) is 1. The van der Waals surface area contributed by atoms with Gasteiger partial charge in [-0.3, -0.25) is 0 Å². The largest absolute Gasteiger partial charge is 0.385 e. The SMILES string of the molecule is CN(C)c1ccc(NCCCS(C)(=O)=O)cc1. The lowest BCUT2D eigenvalue weighted by Crippen LogP contribution is -2.10. The summed E-state index contributed by atoms with van der Waals surface area (Å²) < 4.78 is 21.9. The van der Waals surface area contributed by atoms with E-state index >= 15 is 0 Å². The van der Waals surface area contributed by atoms with Crippen molar-refractivity contribution in [2.24, 2.45) is 0 Å². The number of hydrogen-bond donors (Lipinski definition) is 1. The van der Waals surface area contributed by atoms with Crippen molar-refractivity contribution in [2.75, 3.05) is 42.9 Å². The number of sulfone groups is 1. The third kappa shape index (κ3) is 5.58.